The molecule has 0 unspecified atom stereocenters. The monoisotopic (exact) mass is 233 g/mol. The van der Waals surface area contributed by atoms with Crippen molar-refractivity contribution in [1.29, 1.82) is 0 Å². The fourth-order valence-corrected chi connectivity index (χ4v) is 1.08. The Balaban J connectivity index is 0.000000437. The van der Waals surface area contributed by atoms with Crippen LogP contribution in [0.25, 0.3) is 12.2 Å². The first kappa shape index (κ1) is 12.5. The molecule has 1 aromatic carbocycles. The largest absolute Gasteiger partial charge is 0.373 e. The highest BCUT2D eigenvalue weighted by atomic mass is 19.1. The number of nitrogens with zero attached hydrogens (tertiary/aromatic N) is 2. The fourth-order valence-electron chi connectivity index (χ4n) is 1.08. The Morgan fingerprint density at radius 3 is 2.53 bits per heavy atom. The lowest BCUT2D eigenvalue weighted by molar-refractivity contribution is -0.191. The van der Waals surface area contributed by atoms with Gasteiger partial charge in [-0.15, -0.1) is 0 Å². The van der Waals surface area contributed by atoms with E-state index in [9.17, 15) is 4.39 Å². The van der Waals surface area contributed by atoms with Gasteiger partial charge in [-0.05, 0) is 18.2 Å². The highest BCUT2D eigenvalue weighted by molar-refractivity contribution is 5.67. The normalized spacial score (nSPS) is 9.47. The molecule has 1 heterocycles. The molecule has 0 aliphatic carbocycles. The highest BCUT2D eigenvalue weighted by Gasteiger charge is 1.95. The van der Waals surface area contributed by atoms with Gasteiger partial charge in [0.15, 0.2) is 0 Å². The zero-order chi connectivity index (χ0) is 12.5. The van der Waals surface area contributed by atoms with E-state index in [1.807, 2.05) is 0 Å². The molecule has 5 nitrogen and oxygen atoms in total. The van der Waals surface area contributed by atoms with Gasteiger partial charge in [-0.25, -0.2) is 4.39 Å². The van der Waals surface area contributed by atoms with Crippen molar-refractivity contribution >= 4 is 18.3 Å². The zero-order valence-corrected chi connectivity index (χ0v) is 8.63. The van der Waals surface area contributed by atoms with Crippen LogP contribution in [0.3, 0.4) is 0 Å². The second kappa shape index (κ2) is 6.81. The average molecular weight is 233 g/mol. The number of hydrogen-bond donors (Lipinski definition) is 1. The lowest BCUT2D eigenvalue weighted by Crippen LogP contribution is -1.79. The van der Waals surface area contributed by atoms with Crippen LogP contribution in [0.15, 0.2) is 30.5 Å². The van der Waals surface area contributed by atoms with Crippen LogP contribution in [0, 0.1) is 5.82 Å². The van der Waals surface area contributed by atoms with Gasteiger partial charge >= 0.3 is 6.15 Å². The molecule has 6 heteroatoms. The molecule has 1 N–H and O–H groups in total. The maximum absolute atomic E-state index is 13.1. The van der Waals surface area contributed by atoms with Gasteiger partial charge in [0.05, 0.1) is 6.20 Å². The van der Waals surface area contributed by atoms with E-state index >= 15 is 0 Å². The third-order valence-corrected chi connectivity index (χ3v) is 1.77. The Morgan fingerprint density at radius 2 is 1.94 bits per heavy atom. The summed E-state index contributed by atoms with van der Waals surface area (Å²) in [7, 11) is 0. The standard InChI is InChI=1S/C10H8FN3.CO2/c11-10-4-2-1-3-8(10)5-6-9-7-12-14-13-9;2-1-3/h1-7H,(H,12,13,14);. The minimum atomic E-state index is -0.243. The molecule has 0 bridgehead atoms. The number of hydrogen-bond acceptors (Lipinski definition) is 4. The Labute approximate surface area is 96.0 Å². The minimum Gasteiger partial charge on any atom is -0.206 e. The molecule has 0 saturated heterocycles. The van der Waals surface area contributed by atoms with Gasteiger partial charge in [0, 0.05) is 5.56 Å². The Kier molecular flexibility index (Phi) is 5.00. The van der Waals surface area contributed by atoms with E-state index < -0.39 is 0 Å². The number of aromatic nitrogens is 3. The topological polar surface area (TPSA) is 75.7 Å². The number of rotatable bonds is 2. The van der Waals surface area contributed by atoms with Gasteiger partial charge < -0.3 is 0 Å². The quantitative estimate of drug-likeness (QED) is 0.853. The molecule has 2 aromatic rings. The molecule has 2 rings (SSSR count). The molecule has 0 atom stereocenters. The van der Waals surface area contributed by atoms with Crippen molar-refractivity contribution in [3.8, 4) is 0 Å². The highest BCUT2D eigenvalue weighted by Crippen LogP contribution is 2.09. The maximum atomic E-state index is 13.1. The summed E-state index contributed by atoms with van der Waals surface area (Å²) in [5.41, 5.74) is 1.21. The van der Waals surface area contributed by atoms with E-state index in [0.717, 1.165) is 0 Å². The molecule has 0 aliphatic heterocycles. The number of halogens is 1. The van der Waals surface area contributed by atoms with E-state index in [4.69, 9.17) is 9.59 Å². The van der Waals surface area contributed by atoms with Gasteiger partial charge in [0.1, 0.15) is 11.5 Å². The summed E-state index contributed by atoms with van der Waals surface area (Å²) in [5, 5.41) is 9.93. The van der Waals surface area contributed by atoms with Crippen LogP contribution in [0.5, 0.6) is 0 Å². The summed E-state index contributed by atoms with van der Waals surface area (Å²) in [6.07, 6.45) is 5.17. The Bertz CT molecular complexity index is 517. The van der Waals surface area contributed by atoms with Gasteiger partial charge in [-0.3, -0.25) is 0 Å². The molecule has 86 valence electrons. The second-order valence-corrected chi connectivity index (χ2v) is 2.83. The predicted molar refractivity (Wildman–Crippen MR) is 56.7 cm³/mol. The van der Waals surface area contributed by atoms with Gasteiger partial charge in [0.2, 0.25) is 0 Å². The number of nitrogens with one attached hydrogen (secondary N) is 1. The van der Waals surface area contributed by atoms with Crippen molar-refractivity contribution in [2.45, 2.75) is 0 Å². The second-order valence-electron chi connectivity index (χ2n) is 2.83. The van der Waals surface area contributed by atoms with Crippen molar-refractivity contribution in [3.63, 3.8) is 0 Å². The first-order chi connectivity index (χ1) is 8.27. The van der Waals surface area contributed by atoms with E-state index in [0.29, 0.717) is 11.3 Å². The molecule has 0 saturated carbocycles. The Morgan fingerprint density at radius 1 is 1.24 bits per heavy atom. The first-order valence-corrected chi connectivity index (χ1v) is 4.55. The number of H-pyrrole nitrogens is 1. The van der Waals surface area contributed by atoms with Crippen molar-refractivity contribution in [2.75, 3.05) is 0 Å². The van der Waals surface area contributed by atoms with Crippen molar-refractivity contribution in [1.82, 2.24) is 15.4 Å². The summed E-state index contributed by atoms with van der Waals surface area (Å²) in [5.74, 6) is -0.243. The molecule has 0 spiro atoms. The van der Waals surface area contributed by atoms with Gasteiger partial charge in [-0.2, -0.15) is 25.0 Å². The van der Waals surface area contributed by atoms with Crippen LogP contribution in [0.1, 0.15) is 11.3 Å². The average Bonchev–Trinajstić information content (AvgIpc) is 2.82. The predicted octanol–water partition coefficient (Wildman–Crippen LogP) is 1.53. The summed E-state index contributed by atoms with van der Waals surface area (Å²) >= 11 is 0. The first-order valence-electron chi connectivity index (χ1n) is 4.55. The third kappa shape index (κ3) is 4.19. The SMILES string of the molecule is Fc1ccccc1C=Cc1cn[nH]n1.O=C=O. The summed E-state index contributed by atoms with van der Waals surface area (Å²) in [4.78, 5) is 16.2. The lowest BCUT2D eigenvalue weighted by Gasteiger charge is -1.93. The fraction of sp³-hybridized carbons (Fsp3) is 0. The summed E-state index contributed by atoms with van der Waals surface area (Å²) in [6.45, 7) is 0. The van der Waals surface area contributed by atoms with Crippen molar-refractivity contribution < 1.29 is 14.0 Å². The van der Waals surface area contributed by atoms with Crippen LogP contribution in [0.2, 0.25) is 0 Å². The Hall–Kier alpha value is -2.59. The van der Waals surface area contributed by atoms with Crippen LogP contribution >= 0.6 is 0 Å². The van der Waals surface area contributed by atoms with Crippen LogP contribution in [-0.4, -0.2) is 21.6 Å². The van der Waals surface area contributed by atoms with E-state index in [1.165, 1.54) is 6.07 Å². The maximum Gasteiger partial charge on any atom is 0.373 e. The molecule has 1 aromatic heterocycles. The molecular formula is C11H8FN3O2. The van der Waals surface area contributed by atoms with Crippen LogP contribution in [-0.2, 0) is 9.59 Å². The minimum absolute atomic E-state index is 0.243. The van der Waals surface area contributed by atoms with Crippen LogP contribution in [0.4, 0.5) is 4.39 Å². The lowest BCUT2D eigenvalue weighted by atomic mass is 10.2. The van der Waals surface area contributed by atoms with Crippen LogP contribution < -0.4 is 0 Å². The third-order valence-electron chi connectivity index (χ3n) is 1.77. The van der Waals surface area contributed by atoms with Crippen molar-refractivity contribution in [3.05, 3.63) is 47.5 Å². The molecule has 17 heavy (non-hydrogen) atoms. The summed E-state index contributed by atoms with van der Waals surface area (Å²) in [6, 6.07) is 6.56. The number of carbonyl (C=O) groups excluding carboxylic acids is 2. The molecular weight excluding hydrogens is 225 g/mol. The van der Waals surface area contributed by atoms with Gasteiger partial charge in [-0.1, -0.05) is 18.2 Å². The zero-order valence-electron chi connectivity index (χ0n) is 8.63. The van der Waals surface area contributed by atoms with E-state index in [2.05, 4.69) is 15.4 Å². The number of benzene rings is 1. The van der Waals surface area contributed by atoms with Gasteiger partial charge in [0.25, 0.3) is 0 Å². The van der Waals surface area contributed by atoms with Crippen molar-refractivity contribution in [2.24, 2.45) is 0 Å². The summed E-state index contributed by atoms with van der Waals surface area (Å²) < 4.78 is 13.1. The molecule has 0 aliphatic rings. The number of aromatic amines is 1. The van der Waals surface area contributed by atoms with E-state index in [-0.39, 0.29) is 12.0 Å². The molecule has 0 radical (unpaired) electrons. The molecule has 0 amide bonds. The smallest absolute Gasteiger partial charge is 0.206 e. The van der Waals surface area contributed by atoms with E-state index in [1.54, 1.807) is 36.5 Å². The molecule has 0 fully saturated rings.